The lowest BCUT2D eigenvalue weighted by molar-refractivity contribution is -0.121. The molecule has 6 nitrogen and oxygen atoms in total. The minimum absolute atomic E-state index is 0.156. The lowest BCUT2D eigenvalue weighted by atomic mass is 9.96. The van der Waals surface area contributed by atoms with E-state index in [1.165, 1.54) is 19.3 Å². The van der Waals surface area contributed by atoms with Gasteiger partial charge < -0.3 is 21.7 Å². The van der Waals surface area contributed by atoms with Gasteiger partial charge in [0.25, 0.3) is 0 Å². The van der Waals surface area contributed by atoms with Crippen LogP contribution in [0, 0.1) is 0 Å². The van der Waals surface area contributed by atoms with Gasteiger partial charge in [0.1, 0.15) is 0 Å². The maximum Gasteiger partial charge on any atom is 0.315 e. The van der Waals surface area contributed by atoms with Gasteiger partial charge in [-0.25, -0.2) is 4.79 Å². The van der Waals surface area contributed by atoms with Crippen LogP contribution in [0.25, 0.3) is 0 Å². The predicted molar refractivity (Wildman–Crippen MR) is 70.1 cm³/mol. The minimum Gasteiger partial charge on any atom is -0.353 e. The lowest BCUT2D eigenvalue weighted by Crippen LogP contribution is -2.46. The first-order valence-corrected chi connectivity index (χ1v) is 6.67. The number of carbonyl (C=O) groups is 2. The highest BCUT2D eigenvalue weighted by atomic mass is 16.2. The van der Waals surface area contributed by atoms with Crippen molar-refractivity contribution in [3.05, 3.63) is 0 Å². The highest BCUT2D eigenvalue weighted by Gasteiger charge is 2.15. The van der Waals surface area contributed by atoms with E-state index in [4.69, 9.17) is 5.73 Å². The van der Waals surface area contributed by atoms with Gasteiger partial charge >= 0.3 is 6.03 Å². The summed E-state index contributed by atoms with van der Waals surface area (Å²) >= 11 is 0. The van der Waals surface area contributed by atoms with Crippen molar-refractivity contribution in [1.29, 1.82) is 0 Å². The fourth-order valence-corrected chi connectivity index (χ4v) is 2.01. The molecule has 1 atom stereocenters. The average molecular weight is 256 g/mol. The van der Waals surface area contributed by atoms with E-state index < -0.39 is 6.04 Å². The Morgan fingerprint density at radius 2 is 1.78 bits per heavy atom. The number of urea groups is 1. The molecule has 3 amide bonds. The van der Waals surface area contributed by atoms with Crippen LogP contribution >= 0.6 is 0 Å². The van der Waals surface area contributed by atoms with Crippen LogP contribution in [-0.4, -0.2) is 37.1 Å². The molecule has 0 heterocycles. The van der Waals surface area contributed by atoms with Gasteiger partial charge in [-0.2, -0.15) is 0 Å². The van der Waals surface area contributed by atoms with Crippen LogP contribution in [0.2, 0.25) is 0 Å². The highest BCUT2D eigenvalue weighted by Crippen LogP contribution is 2.16. The molecule has 5 N–H and O–H groups in total. The van der Waals surface area contributed by atoms with Crippen molar-refractivity contribution in [2.45, 2.75) is 51.1 Å². The molecule has 0 radical (unpaired) electrons. The molecule has 0 aromatic rings. The van der Waals surface area contributed by atoms with Gasteiger partial charge in [0.2, 0.25) is 5.91 Å². The summed E-state index contributed by atoms with van der Waals surface area (Å²) < 4.78 is 0. The molecule has 1 saturated carbocycles. The van der Waals surface area contributed by atoms with E-state index >= 15 is 0 Å². The second-order valence-corrected chi connectivity index (χ2v) is 4.81. The van der Waals surface area contributed by atoms with E-state index in [1.54, 1.807) is 6.92 Å². The average Bonchev–Trinajstić information content (AvgIpc) is 2.35. The number of nitrogens with two attached hydrogens (primary N) is 1. The largest absolute Gasteiger partial charge is 0.353 e. The lowest BCUT2D eigenvalue weighted by Gasteiger charge is -2.22. The van der Waals surface area contributed by atoms with Crippen molar-refractivity contribution < 1.29 is 9.59 Å². The first-order chi connectivity index (χ1) is 8.59. The molecule has 0 aliphatic heterocycles. The van der Waals surface area contributed by atoms with E-state index in [0.29, 0.717) is 19.1 Å². The van der Waals surface area contributed by atoms with Crippen LogP contribution in [0.3, 0.4) is 0 Å². The third-order valence-electron chi connectivity index (χ3n) is 3.06. The van der Waals surface area contributed by atoms with Crippen molar-refractivity contribution in [3.8, 4) is 0 Å². The van der Waals surface area contributed by atoms with Crippen LogP contribution in [0.1, 0.15) is 39.0 Å². The van der Waals surface area contributed by atoms with Crippen LogP contribution in [0.15, 0.2) is 0 Å². The quantitative estimate of drug-likeness (QED) is 0.525. The van der Waals surface area contributed by atoms with Crippen molar-refractivity contribution >= 4 is 11.9 Å². The smallest absolute Gasteiger partial charge is 0.315 e. The standard InChI is InChI=1S/C12H24N4O2/c1-9(13)11(17)14-7-8-15-12(18)16-10-5-3-2-4-6-10/h9-10H,2-8,13H2,1H3,(H,14,17)(H2,15,16,18)/t9-/m1/s1. The maximum atomic E-state index is 11.5. The van der Waals surface area contributed by atoms with Crippen molar-refractivity contribution in [2.24, 2.45) is 5.73 Å². The number of amides is 3. The molecule has 1 fully saturated rings. The molecule has 1 aliphatic rings. The molecular formula is C12H24N4O2. The summed E-state index contributed by atoms with van der Waals surface area (Å²) in [4.78, 5) is 22.7. The monoisotopic (exact) mass is 256 g/mol. The fourth-order valence-electron chi connectivity index (χ4n) is 2.01. The van der Waals surface area contributed by atoms with Gasteiger partial charge in [-0.1, -0.05) is 19.3 Å². The molecule has 6 heteroatoms. The zero-order chi connectivity index (χ0) is 13.4. The molecule has 1 rings (SSSR count). The summed E-state index contributed by atoms with van der Waals surface area (Å²) in [6.45, 7) is 2.44. The summed E-state index contributed by atoms with van der Waals surface area (Å²) in [6, 6.07) is -0.365. The molecule has 0 aromatic heterocycles. The molecule has 0 bridgehead atoms. The fraction of sp³-hybridized carbons (Fsp3) is 0.833. The number of nitrogens with one attached hydrogen (secondary N) is 3. The first kappa shape index (κ1) is 14.8. The third kappa shape index (κ3) is 5.86. The van der Waals surface area contributed by atoms with Crippen molar-refractivity contribution in [3.63, 3.8) is 0 Å². The third-order valence-corrected chi connectivity index (χ3v) is 3.06. The highest BCUT2D eigenvalue weighted by molar-refractivity contribution is 5.81. The van der Waals surface area contributed by atoms with Crippen LogP contribution in [-0.2, 0) is 4.79 Å². The Kier molecular flexibility index (Phi) is 6.49. The summed E-state index contributed by atoms with van der Waals surface area (Å²) in [7, 11) is 0. The summed E-state index contributed by atoms with van der Waals surface area (Å²) in [5, 5.41) is 8.30. The summed E-state index contributed by atoms with van der Waals surface area (Å²) in [6.07, 6.45) is 5.78. The normalized spacial score (nSPS) is 17.9. The number of rotatable bonds is 5. The van der Waals surface area contributed by atoms with E-state index in [9.17, 15) is 9.59 Å². The van der Waals surface area contributed by atoms with Gasteiger partial charge in [0.05, 0.1) is 6.04 Å². The van der Waals surface area contributed by atoms with Gasteiger partial charge in [-0.15, -0.1) is 0 Å². The Bertz CT molecular complexity index is 275. The Balaban J connectivity index is 2.04. The first-order valence-electron chi connectivity index (χ1n) is 6.67. The molecule has 18 heavy (non-hydrogen) atoms. The zero-order valence-electron chi connectivity index (χ0n) is 11.0. The van der Waals surface area contributed by atoms with Gasteiger partial charge in [-0.05, 0) is 19.8 Å². The molecule has 104 valence electrons. The molecule has 1 aliphatic carbocycles. The van der Waals surface area contributed by atoms with Crippen molar-refractivity contribution in [1.82, 2.24) is 16.0 Å². The zero-order valence-corrected chi connectivity index (χ0v) is 11.0. The molecular weight excluding hydrogens is 232 g/mol. The number of hydrogen-bond donors (Lipinski definition) is 4. The molecule has 0 unspecified atom stereocenters. The molecule has 0 saturated heterocycles. The number of carbonyl (C=O) groups excluding carboxylic acids is 2. The van der Waals surface area contributed by atoms with Crippen molar-refractivity contribution in [2.75, 3.05) is 13.1 Å². The Morgan fingerprint density at radius 3 is 2.39 bits per heavy atom. The number of hydrogen-bond acceptors (Lipinski definition) is 3. The summed E-state index contributed by atoms with van der Waals surface area (Å²) in [5.41, 5.74) is 5.39. The Hall–Kier alpha value is -1.30. The van der Waals surface area contributed by atoms with Gasteiger partial charge in [0, 0.05) is 19.1 Å². The topological polar surface area (TPSA) is 96.2 Å². The van der Waals surface area contributed by atoms with Gasteiger partial charge in [0.15, 0.2) is 0 Å². The second kappa shape index (κ2) is 7.92. The molecule has 0 spiro atoms. The molecule has 0 aromatic carbocycles. The maximum absolute atomic E-state index is 11.5. The second-order valence-electron chi connectivity index (χ2n) is 4.81. The van der Waals surface area contributed by atoms with E-state index in [2.05, 4.69) is 16.0 Å². The summed E-state index contributed by atoms with van der Waals surface area (Å²) in [5.74, 6) is -0.204. The van der Waals surface area contributed by atoms with E-state index in [0.717, 1.165) is 12.8 Å². The van der Waals surface area contributed by atoms with E-state index in [1.807, 2.05) is 0 Å². The van der Waals surface area contributed by atoms with E-state index in [-0.39, 0.29) is 11.9 Å². The van der Waals surface area contributed by atoms with Crippen LogP contribution < -0.4 is 21.7 Å². The Labute approximate surface area is 108 Å². The predicted octanol–water partition coefficient (Wildman–Crippen LogP) is 0.0817. The minimum atomic E-state index is -0.513. The van der Waals surface area contributed by atoms with Gasteiger partial charge in [-0.3, -0.25) is 4.79 Å². The SMILES string of the molecule is C[C@@H](N)C(=O)NCCNC(=O)NC1CCCCC1. The van der Waals surface area contributed by atoms with Crippen LogP contribution in [0.4, 0.5) is 4.79 Å². The Morgan fingerprint density at radius 1 is 1.17 bits per heavy atom. The van der Waals surface area contributed by atoms with Crippen LogP contribution in [0.5, 0.6) is 0 Å².